The molecule has 0 spiro atoms. The monoisotopic (exact) mass is 297 g/mol. The molecule has 0 amide bonds. The lowest BCUT2D eigenvalue weighted by molar-refractivity contribution is 0.336. The normalized spacial score (nSPS) is 25.2. The molecule has 1 saturated carbocycles. The van der Waals surface area contributed by atoms with Crippen molar-refractivity contribution in [2.75, 3.05) is 11.1 Å². The quantitative estimate of drug-likeness (QED) is 0.852. The van der Waals surface area contributed by atoms with Gasteiger partial charge in [0.05, 0.1) is 23.4 Å². The molecule has 21 heavy (non-hydrogen) atoms. The largest absolute Gasteiger partial charge is 0.334 e. The van der Waals surface area contributed by atoms with Crippen LogP contribution in [-0.2, 0) is 0 Å². The molecule has 2 atom stereocenters. The highest BCUT2D eigenvalue weighted by atomic mass is 32.2. The third-order valence-corrected chi connectivity index (χ3v) is 5.50. The number of aliphatic imine (C=N–C) groups is 1. The lowest BCUT2D eigenvalue weighted by atomic mass is 9.86. The van der Waals surface area contributed by atoms with E-state index in [1.165, 1.54) is 36.8 Å². The highest BCUT2D eigenvalue weighted by Crippen LogP contribution is 2.34. The van der Waals surface area contributed by atoms with Crippen LogP contribution < -0.4 is 5.32 Å². The van der Waals surface area contributed by atoms with Gasteiger partial charge in [0.15, 0.2) is 5.17 Å². The molecule has 0 radical (unpaired) electrons. The predicted molar refractivity (Wildman–Crippen MR) is 91.0 cm³/mol. The molecular formula is C17H19N3S. The number of para-hydroxylation sites is 1. The number of anilines is 1. The summed E-state index contributed by atoms with van der Waals surface area (Å²) in [4.78, 5) is 9.42. The number of thioether (sulfide) groups is 1. The van der Waals surface area contributed by atoms with Crippen molar-refractivity contribution in [3.05, 3.63) is 36.5 Å². The molecule has 0 saturated heterocycles. The molecule has 1 aliphatic carbocycles. The molecule has 1 aromatic heterocycles. The number of nitrogens with one attached hydrogen (secondary N) is 1. The van der Waals surface area contributed by atoms with Crippen molar-refractivity contribution in [1.82, 2.24) is 4.98 Å². The lowest BCUT2D eigenvalue weighted by Gasteiger charge is -2.32. The second kappa shape index (κ2) is 5.68. The van der Waals surface area contributed by atoms with E-state index >= 15 is 0 Å². The second-order valence-electron chi connectivity index (χ2n) is 5.90. The van der Waals surface area contributed by atoms with E-state index < -0.39 is 0 Å². The Morgan fingerprint density at radius 2 is 2.05 bits per heavy atom. The summed E-state index contributed by atoms with van der Waals surface area (Å²) in [6.45, 7) is 0. The summed E-state index contributed by atoms with van der Waals surface area (Å²) in [6, 6.07) is 10.9. The number of fused-ring (bicyclic) bond motifs is 2. The maximum absolute atomic E-state index is 4.92. The van der Waals surface area contributed by atoms with Gasteiger partial charge in [-0.05, 0) is 30.9 Å². The topological polar surface area (TPSA) is 37.3 Å². The van der Waals surface area contributed by atoms with Gasteiger partial charge >= 0.3 is 0 Å². The Bertz CT molecular complexity index is 683. The number of hydrogen-bond acceptors (Lipinski definition) is 4. The minimum Gasteiger partial charge on any atom is -0.334 e. The summed E-state index contributed by atoms with van der Waals surface area (Å²) >= 11 is 1.86. The molecule has 4 rings (SSSR count). The van der Waals surface area contributed by atoms with Gasteiger partial charge in [0.25, 0.3) is 0 Å². The van der Waals surface area contributed by atoms with Gasteiger partial charge in [-0.1, -0.05) is 42.8 Å². The molecule has 1 fully saturated rings. The van der Waals surface area contributed by atoms with E-state index in [-0.39, 0.29) is 0 Å². The first-order valence-corrected chi connectivity index (χ1v) is 8.69. The molecule has 1 aromatic carbocycles. The molecule has 108 valence electrons. The van der Waals surface area contributed by atoms with Gasteiger partial charge in [-0.3, -0.25) is 9.98 Å². The molecule has 2 unspecified atom stereocenters. The van der Waals surface area contributed by atoms with Crippen molar-refractivity contribution in [3.8, 4) is 0 Å². The number of rotatable bonds is 1. The molecule has 2 aliphatic rings. The zero-order valence-corrected chi connectivity index (χ0v) is 12.8. The molecule has 1 aliphatic heterocycles. The predicted octanol–water partition coefficient (Wildman–Crippen LogP) is 4.31. The van der Waals surface area contributed by atoms with Crippen LogP contribution >= 0.6 is 11.8 Å². The fourth-order valence-electron chi connectivity index (χ4n) is 3.26. The average molecular weight is 297 g/mol. The summed E-state index contributed by atoms with van der Waals surface area (Å²) in [7, 11) is 0. The van der Waals surface area contributed by atoms with Crippen molar-refractivity contribution in [2.24, 2.45) is 10.9 Å². The first-order chi connectivity index (χ1) is 10.4. The Kier molecular flexibility index (Phi) is 3.55. The number of benzene rings is 1. The zero-order valence-electron chi connectivity index (χ0n) is 12.0. The van der Waals surface area contributed by atoms with Gasteiger partial charge in [-0.2, -0.15) is 0 Å². The summed E-state index contributed by atoms with van der Waals surface area (Å²) in [6.07, 6.45) is 7.23. The van der Waals surface area contributed by atoms with Crippen molar-refractivity contribution >= 4 is 33.5 Å². The van der Waals surface area contributed by atoms with Gasteiger partial charge in [0.2, 0.25) is 0 Å². The van der Waals surface area contributed by atoms with E-state index in [1.807, 2.05) is 36.2 Å². The van der Waals surface area contributed by atoms with E-state index in [4.69, 9.17) is 4.99 Å². The van der Waals surface area contributed by atoms with E-state index in [0.717, 1.165) is 22.3 Å². The van der Waals surface area contributed by atoms with Crippen molar-refractivity contribution in [1.29, 1.82) is 0 Å². The maximum Gasteiger partial charge on any atom is 0.161 e. The molecule has 2 aromatic rings. The molecule has 0 bridgehead atoms. The van der Waals surface area contributed by atoms with Crippen LogP contribution in [0.1, 0.15) is 25.7 Å². The number of amidine groups is 1. The van der Waals surface area contributed by atoms with Crippen LogP contribution in [0.4, 0.5) is 5.69 Å². The Morgan fingerprint density at radius 3 is 3.05 bits per heavy atom. The zero-order chi connectivity index (χ0) is 14.1. The van der Waals surface area contributed by atoms with Gasteiger partial charge in [-0.25, -0.2) is 0 Å². The minimum atomic E-state index is 0.538. The van der Waals surface area contributed by atoms with E-state index in [2.05, 4.69) is 22.4 Å². The Balaban J connectivity index is 1.55. The van der Waals surface area contributed by atoms with Gasteiger partial charge < -0.3 is 5.32 Å². The second-order valence-corrected chi connectivity index (χ2v) is 6.91. The smallest absolute Gasteiger partial charge is 0.161 e. The Morgan fingerprint density at radius 1 is 1.14 bits per heavy atom. The summed E-state index contributed by atoms with van der Waals surface area (Å²) in [5.74, 6) is 2.00. The number of nitrogens with zero attached hydrogens (tertiary/aromatic N) is 2. The summed E-state index contributed by atoms with van der Waals surface area (Å²) in [5.41, 5.74) is 2.07. The van der Waals surface area contributed by atoms with Crippen LogP contribution in [0.5, 0.6) is 0 Å². The first-order valence-electron chi connectivity index (χ1n) is 7.71. The highest BCUT2D eigenvalue weighted by Gasteiger charge is 2.29. The number of hydrogen-bond donors (Lipinski definition) is 1. The standard InChI is InChI=1S/C17H19N3S/c1-3-7-15-12(5-1)9-14(10-18-15)19-17-20-16-8-4-2-6-13(16)11-21-17/h1,3,5,7,9-10,13,16H,2,4,6,8,11H2,(H,19,20). The number of aromatic nitrogens is 1. The molecule has 1 N–H and O–H groups in total. The third-order valence-electron chi connectivity index (χ3n) is 4.43. The van der Waals surface area contributed by atoms with Gasteiger partial charge in [-0.15, -0.1) is 0 Å². The number of pyridine rings is 1. The van der Waals surface area contributed by atoms with E-state index in [1.54, 1.807) is 0 Å². The molecule has 2 heterocycles. The van der Waals surface area contributed by atoms with Crippen molar-refractivity contribution < 1.29 is 0 Å². The molecule has 3 nitrogen and oxygen atoms in total. The van der Waals surface area contributed by atoms with Crippen LogP contribution in [0.15, 0.2) is 41.5 Å². The van der Waals surface area contributed by atoms with Gasteiger partial charge in [0.1, 0.15) is 0 Å². The Hall–Kier alpha value is -1.55. The SMILES string of the molecule is c1ccc2ncc(NC3=NC4CCCCC4CS3)cc2c1. The lowest BCUT2D eigenvalue weighted by Crippen LogP contribution is -2.31. The van der Waals surface area contributed by atoms with E-state index in [0.29, 0.717) is 6.04 Å². The van der Waals surface area contributed by atoms with Crippen LogP contribution in [0, 0.1) is 5.92 Å². The fourth-order valence-corrected chi connectivity index (χ4v) is 4.42. The maximum atomic E-state index is 4.92. The van der Waals surface area contributed by atoms with Gasteiger partial charge in [0, 0.05) is 11.1 Å². The first kappa shape index (κ1) is 13.1. The third kappa shape index (κ3) is 2.77. The molecule has 4 heteroatoms. The average Bonchev–Trinajstić information content (AvgIpc) is 2.55. The van der Waals surface area contributed by atoms with Crippen LogP contribution in [-0.4, -0.2) is 21.9 Å². The minimum absolute atomic E-state index is 0.538. The van der Waals surface area contributed by atoms with Crippen molar-refractivity contribution in [2.45, 2.75) is 31.7 Å². The van der Waals surface area contributed by atoms with Crippen LogP contribution in [0.25, 0.3) is 10.9 Å². The Labute approximate surface area is 129 Å². The van der Waals surface area contributed by atoms with Crippen molar-refractivity contribution in [3.63, 3.8) is 0 Å². The van der Waals surface area contributed by atoms with E-state index in [9.17, 15) is 0 Å². The highest BCUT2D eigenvalue weighted by molar-refractivity contribution is 8.14. The molecular weight excluding hydrogens is 278 g/mol. The summed E-state index contributed by atoms with van der Waals surface area (Å²) in [5, 5.41) is 5.69. The van der Waals surface area contributed by atoms with Crippen LogP contribution in [0.2, 0.25) is 0 Å². The summed E-state index contributed by atoms with van der Waals surface area (Å²) < 4.78 is 0. The van der Waals surface area contributed by atoms with Crippen LogP contribution in [0.3, 0.4) is 0 Å². The fraction of sp³-hybridized carbons (Fsp3) is 0.412.